The number of hydrogen-bond acceptors (Lipinski definition) is 3. The van der Waals surface area contributed by atoms with E-state index in [9.17, 15) is 13.2 Å². The van der Waals surface area contributed by atoms with Crippen molar-refractivity contribution in [1.29, 1.82) is 0 Å². The largest absolute Gasteiger partial charge is 0.326 e. The van der Waals surface area contributed by atoms with Crippen molar-refractivity contribution in [3.63, 3.8) is 0 Å². The number of carbonyl (C=O) groups is 1. The average molecular weight is 383 g/mol. The summed E-state index contributed by atoms with van der Waals surface area (Å²) in [6.45, 7) is 1.03. The fourth-order valence-electron chi connectivity index (χ4n) is 3.34. The predicted octanol–water partition coefficient (Wildman–Crippen LogP) is 3.81. The number of hydrogen-bond donors (Lipinski definition) is 1. The molecule has 0 spiro atoms. The molecular weight excluding hydrogens is 360 g/mol. The summed E-state index contributed by atoms with van der Waals surface area (Å²) in [6.07, 6.45) is 9.33. The lowest BCUT2D eigenvalue weighted by Gasteiger charge is -2.26. The van der Waals surface area contributed by atoms with Crippen LogP contribution in [0.5, 0.6) is 0 Å². The van der Waals surface area contributed by atoms with Gasteiger partial charge < -0.3 is 5.32 Å². The summed E-state index contributed by atoms with van der Waals surface area (Å²) >= 11 is 6.15. The Kier molecular flexibility index (Phi) is 5.81. The molecule has 0 bridgehead atoms. The van der Waals surface area contributed by atoms with Crippen LogP contribution in [-0.4, -0.2) is 31.7 Å². The molecule has 1 aliphatic carbocycles. The number of sulfonamides is 1. The van der Waals surface area contributed by atoms with Gasteiger partial charge in [-0.1, -0.05) is 30.2 Å². The molecule has 1 aromatic rings. The van der Waals surface area contributed by atoms with E-state index in [0.29, 0.717) is 25.2 Å². The maximum absolute atomic E-state index is 12.8. The number of allylic oxidation sites excluding steroid dienone is 2. The first kappa shape index (κ1) is 18.4. The molecule has 1 amide bonds. The fourth-order valence-corrected chi connectivity index (χ4v) is 5.36. The van der Waals surface area contributed by atoms with Crippen molar-refractivity contribution in [3.8, 4) is 0 Å². The van der Waals surface area contributed by atoms with Crippen molar-refractivity contribution < 1.29 is 13.2 Å². The molecule has 1 unspecified atom stereocenters. The lowest BCUT2D eigenvalue weighted by Crippen LogP contribution is -2.35. The van der Waals surface area contributed by atoms with E-state index >= 15 is 0 Å². The smallest absolute Gasteiger partial charge is 0.244 e. The second-order valence-electron chi connectivity index (χ2n) is 6.63. The number of nitrogens with zero attached hydrogens (tertiary/aromatic N) is 1. The van der Waals surface area contributed by atoms with E-state index in [1.165, 1.54) is 16.4 Å². The van der Waals surface area contributed by atoms with Gasteiger partial charge >= 0.3 is 0 Å². The van der Waals surface area contributed by atoms with Crippen LogP contribution in [0.4, 0.5) is 5.69 Å². The number of piperidine rings is 1. The summed E-state index contributed by atoms with van der Waals surface area (Å²) < 4.78 is 27.2. The van der Waals surface area contributed by atoms with Gasteiger partial charge in [-0.2, -0.15) is 4.31 Å². The van der Waals surface area contributed by atoms with Gasteiger partial charge in [0.05, 0.1) is 5.02 Å². The van der Waals surface area contributed by atoms with Gasteiger partial charge in [0.1, 0.15) is 4.90 Å². The van der Waals surface area contributed by atoms with Gasteiger partial charge in [-0.3, -0.25) is 4.79 Å². The molecule has 0 radical (unpaired) electrons. The van der Waals surface area contributed by atoms with E-state index < -0.39 is 10.0 Å². The second kappa shape index (κ2) is 7.89. The molecule has 25 heavy (non-hydrogen) atoms. The molecule has 1 saturated heterocycles. The molecule has 1 heterocycles. The monoisotopic (exact) mass is 382 g/mol. The van der Waals surface area contributed by atoms with Gasteiger partial charge in [0.2, 0.25) is 15.9 Å². The highest BCUT2D eigenvalue weighted by atomic mass is 35.5. The lowest BCUT2D eigenvalue weighted by atomic mass is 10.1. The van der Waals surface area contributed by atoms with Gasteiger partial charge in [0.15, 0.2) is 0 Å². The van der Waals surface area contributed by atoms with Crippen molar-refractivity contribution in [1.82, 2.24) is 4.31 Å². The van der Waals surface area contributed by atoms with Crippen LogP contribution in [0.3, 0.4) is 0 Å². The number of rotatable bonds is 5. The summed E-state index contributed by atoms with van der Waals surface area (Å²) in [5, 5.41) is 2.98. The summed E-state index contributed by atoms with van der Waals surface area (Å²) in [6, 6.07) is 4.64. The molecule has 1 N–H and O–H groups in total. The summed E-state index contributed by atoms with van der Waals surface area (Å²) in [7, 11) is -3.63. The first-order chi connectivity index (χ1) is 12.0. The Morgan fingerprint density at radius 3 is 2.68 bits per heavy atom. The van der Waals surface area contributed by atoms with Crippen LogP contribution in [0.15, 0.2) is 35.2 Å². The van der Waals surface area contributed by atoms with Crippen LogP contribution in [0.2, 0.25) is 5.02 Å². The van der Waals surface area contributed by atoms with Gasteiger partial charge in [0.25, 0.3) is 0 Å². The van der Waals surface area contributed by atoms with E-state index in [1.807, 2.05) is 0 Å². The Balaban J connectivity index is 1.75. The molecule has 0 saturated carbocycles. The molecular formula is C18H23ClN2O3S. The van der Waals surface area contributed by atoms with Crippen LogP contribution in [0, 0.1) is 5.92 Å². The van der Waals surface area contributed by atoms with E-state index in [-0.39, 0.29) is 21.7 Å². The molecule has 2 aliphatic rings. The Morgan fingerprint density at radius 2 is 2.00 bits per heavy atom. The number of halogens is 1. The van der Waals surface area contributed by atoms with E-state index in [0.717, 1.165) is 32.1 Å². The molecule has 136 valence electrons. The summed E-state index contributed by atoms with van der Waals surface area (Å²) in [4.78, 5) is 12.2. The van der Waals surface area contributed by atoms with Crippen LogP contribution >= 0.6 is 11.6 Å². The van der Waals surface area contributed by atoms with Crippen LogP contribution in [-0.2, 0) is 14.8 Å². The van der Waals surface area contributed by atoms with Gasteiger partial charge in [-0.25, -0.2) is 8.42 Å². The topological polar surface area (TPSA) is 66.5 Å². The third-order valence-corrected chi connectivity index (χ3v) is 7.09. The normalized spacial score (nSPS) is 21.4. The molecule has 1 aromatic carbocycles. The minimum absolute atomic E-state index is 0.0645. The average Bonchev–Trinajstić information content (AvgIpc) is 3.10. The quantitative estimate of drug-likeness (QED) is 0.787. The fraction of sp³-hybridized carbons (Fsp3) is 0.500. The van der Waals surface area contributed by atoms with Crippen molar-refractivity contribution in [2.24, 2.45) is 5.92 Å². The summed E-state index contributed by atoms with van der Waals surface area (Å²) in [5.74, 6) is 0.157. The maximum atomic E-state index is 12.8. The predicted molar refractivity (Wildman–Crippen MR) is 99.2 cm³/mol. The van der Waals surface area contributed by atoms with Gasteiger partial charge in [-0.15, -0.1) is 0 Å². The van der Waals surface area contributed by atoms with Gasteiger partial charge in [-0.05, 0) is 49.8 Å². The lowest BCUT2D eigenvalue weighted by molar-refractivity contribution is -0.116. The third-order valence-electron chi connectivity index (χ3n) is 4.71. The van der Waals surface area contributed by atoms with E-state index in [4.69, 9.17) is 11.6 Å². The Labute approximate surface area is 154 Å². The molecule has 5 nitrogen and oxygen atoms in total. The molecule has 0 aromatic heterocycles. The van der Waals surface area contributed by atoms with Crippen LogP contribution in [0.1, 0.15) is 38.5 Å². The summed E-state index contributed by atoms with van der Waals surface area (Å²) in [5.41, 5.74) is 0.465. The molecule has 3 rings (SSSR count). The minimum atomic E-state index is -3.63. The second-order valence-corrected chi connectivity index (χ2v) is 8.94. The highest BCUT2D eigenvalue weighted by Gasteiger charge is 2.28. The van der Waals surface area contributed by atoms with Crippen molar-refractivity contribution >= 4 is 33.2 Å². The number of amides is 1. The molecule has 1 atom stereocenters. The zero-order valence-electron chi connectivity index (χ0n) is 14.1. The van der Waals surface area contributed by atoms with E-state index in [2.05, 4.69) is 17.5 Å². The zero-order valence-corrected chi connectivity index (χ0v) is 15.7. The number of nitrogens with one attached hydrogen (secondary N) is 1. The van der Waals surface area contributed by atoms with Crippen molar-refractivity contribution in [3.05, 3.63) is 35.4 Å². The van der Waals surface area contributed by atoms with Crippen molar-refractivity contribution in [2.45, 2.75) is 43.4 Å². The minimum Gasteiger partial charge on any atom is -0.326 e. The number of benzene rings is 1. The highest BCUT2D eigenvalue weighted by Crippen LogP contribution is 2.30. The van der Waals surface area contributed by atoms with Crippen molar-refractivity contribution in [2.75, 3.05) is 18.4 Å². The number of anilines is 1. The highest BCUT2D eigenvalue weighted by molar-refractivity contribution is 7.89. The Hall–Kier alpha value is -1.37. The third kappa shape index (κ3) is 4.43. The van der Waals surface area contributed by atoms with E-state index in [1.54, 1.807) is 6.07 Å². The molecule has 1 aliphatic heterocycles. The Morgan fingerprint density at radius 1 is 1.24 bits per heavy atom. The maximum Gasteiger partial charge on any atom is 0.244 e. The standard InChI is InChI=1S/C18H23ClN2O3S/c19-16-9-8-15(20-18(22)12-14-6-2-3-7-14)13-17(16)25(23,24)21-10-4-1-5-11-21/h2,6,8-9,13-14H,1,3-5,7,10-12H2,(H,20,22). The zero-order chi connectivity index (χ0) is 17.9. The SMILES string of the molecule is O=C(CC1C=CCC1)Nc1ccc(Cl)c(S(=O)(=O)N2CCCCC2)c1. The first-order valence-electron chi connectivity index (χ1n) is 8.73. The first-order valence-corrected chi connectivity index (χ1v) is 10.5. The molecule has 1 fully saturated rings. The van der Waals surface area contributed by atoms with Crippen LogP contribution in [0.25, 0.3) is 0 Å². The number of carbonyl (C=O) groups excluding carboxylic acids is 1. The van der Waals surface area contributed by atoms with Gasteiger partial charge in [0, 0.05) is 25.2 Å². The van der Waals surface area contributed by atoms with Crippen LogP contribution < -0.4 is 5.32 Å². The molecule has 7 heteroatoms. The Bertz CT molecular complexity index is 771.